The largest absolute Gasteiger partial charge is 0.376 e. The average Bonchev–Trinajstić information content (AvgIpc) is 3.44. The highest BCUT2D eigenvalue weighted by molar-refractivity contribution is 6.41. The van der Waals surface area contributed by atoms with E-state index in [1.807, 2.05) is 23.1 Å². The number of hydrogen-bond donors (Lipinski definition) is 0. The summed E-state index contributed by atoms with van der Waals surface area (Å²) in [6.07, 6.45) is 2.48. The van der Waals surface area contributed by atoms with Crippen LogP contribution in [-0.4, -0.2) is 42.5 Å². The quantitative estimate of drug-likeness (QED) is 0.661. The number of fused-ring (bicyclic) bond motifs is 1. The van der Waals surface area contributed by atoms with Crippen molar-refractivity contribution in [3.8, 4) is 0 Å². The van der Waals surface area contributed by atoms with E-state index < -0.39 is 0 Å². The van der Waals surface area contributed by atoms with E-state index in [0.29, 0.717) is 40.0 Å². The molecule has 0 aromatic heterocycles. The summed E-state index contributed by atoms with van der Waals surface area (Å²) < 4.78 is 5.69. The molecule has 1 atom stereocenters. The predicted octanol–water partition coefficient (Wildman–Crippen LogP) is 4.32. The number of nitrogens with zero attached hydrogens (tertiary/aromatic N) is 2. The molecule has 3 heterocycles. The summed E-state index contributed by atoms with van der Waals surface area (Å²) in [5.41, 5.74) is 3.34. The van der Waals surface area contributed by atoms with Crippen LogP contribution in [0, 0.1) is 0 Å². The topological polar surface area (TPSA) is 49.9 Å². The zero-order chi connectivity index (χ0) is 20.8. The van der Waals surface area contributed by atoms with E-state index in [-0.39, 0.29) is 24.5 Å². The molecule has 0 saturated carbocycles. The molecule has 2 aromatic carbocycles. The third-order valence-corrected chi connectivity index (χ3v) is 6.46. The minimum Gasteiger partial charge on any atom is -0.376 e. The summed E-state index contributed by atoms with van der Waals surface area (Å²) in [6.45, 7) is 1.55. The number of benzene rings is 2. The van der Waals surface area contributed by atoms with Crippen LogP contribution in [0.25, 0.3) is 5.57 Å². The Balaban J connectivity index is 1.62. The molecule has 0 bridgehead atoms. The number of anilines is 1. The first-order chi connectivity index (χ1) is 14.5. The van der Waals surface area contributed by atoms with Gasteiger partial charge in [0.1, 0.15) is 5.70 Å². The van der Waals surface area contributed by atoms with Gasteiger partial charge in [0.25, 0.3) is 11.8 Å². The molecular formula is C23H20Cl2N2O3. The molecule has 7 heteroatoms. The zero-order valence-corrected chi connectivity index (χ0v) is 17.7. The van der Waals surface area contributed by atoms with Gasteiger partial charge in [0, 0.05) is 29.4 Å². The highest BCUT2D eigenvalue weighted by Gasteiger charge is 2.44. The van der Waals surface area contributed by atoms with Gasteiger partial charge < -0.3 is 9.64 Å². The van der Waals surface area contributed by atoms with Gasteiger partial charge in [-0.2, -0.15) is 0 Å². The Kier molecular flexibility index (Phi) is 5.05. The molecule has 0 N–H and O–H groups in total. The van der Waals surface area contributed by atoms with Crippen molar-refractivity contribution in [3.63, 3.8) is 0 Å². The lowest BCUT2D eigenvalue weighted by molar-refractivity contribution is -0.138. The fourth-order valence-corrected chi connectivity index (χ4v) is 4.98. The van der Waals surface area contributed by atoms with Crippen molar-refractivity contribution in [2.24, 2.45) is 0 Å². The molecule has 1 saturated heterocycles. The standard InChI is InChI=1S/C23H20Cl2N2O3/c24-15-7-8-17(18(25)12-15)20-21(26-10-9-14-4-1-2-6-19(14)26)23(29)27(22(20)28)13-16-5-3-11-30-16/h1-2,4,6-8,12,16H,3,5,9-11,13H2. The molecule has 5 rings (SSSR count). The second kappa shape index (κ2) is 7.73. The number of hydrogen-bond acceptors (Lipinski definition) is 4. The van der Waals surface area contributed by atoms with Crippen LogP contribution in [0.5, 0.6) is 0 Å². The number of rotatable bonds is 4. The summed E-state index contributed by atoms with van der Waals surface area (Å²) >= 11 is 12.5. The third-order valence-electron chi connectivity index (χ3n) is 5.91. The van der Waals surface area contributed by atoms with E-state index in [0.717, 1.165) is 30.5 Å². The number of para-hydroxylation sites is 1. The Morgan fingerprint density at radius 1 is 1.07 bits per heavy atom. The molecule has 1 unspecified atom stereocenters. The molecule has 3 aliphatic heterocycles. The highest BCUT2D eigenvalue weighted by Crippen LogP contribution is 2.40. The summed E-state index contributed by atoms with van der Waals surface area (Å²) in [6, 6.07) is 13.0. The van der Waals surface area contributed by atoms with Crippen LogP contribution in [0.3, 0.4) is 0 Å². The predicted molar refractivity (Wildman–Crippen MR) is 117 cm³/mol. The first-order valence-electron chi connectivity index (χ1n) is 10.1. The Morgan fingerprint density at radius 3 is 2.67 bits per heavy atom. The summed E-state index contributed by atoms with van der Waals surface area (Å²) in [5, 5.41) is 0.827. The maximum absolute atomic E-state index is 13.5. The summed E-state index contributed by atoms with van der Waals surface area (Å²) in [5.74, 6) is -0.632. The molecule has 1 fully saturated rings. The average molecular weight is 443 g/mol. The lowest BCUT2D eigenvalue weighted by Crippen LogP contribution is -2.39. The van der Waals surface area contributed by atoms with E-state index in [4.69, 9.17) is 27.9 Å². The first-order valence-corrected chi connectivity index (χ1v) is 10.8. The van der Waals surface area contributed by atoms with Gasteiger partial charge in [-0.3, -0.25) is 14.5 Å². The Morgan fingerprint density at radius 2 is 1.90 bits per heavy atom. The van der Waals surface area contributed by atoms with Crippen molar-refractivity contribution in [2.45, 2.75) is 25.4 Å². The van der Waals surface area contributed by atoms with Crippen molar-refractivity contribution in [1.82, 2.24) is 4.90 Å². The molecule has 30 heavy (non-hydrogen) atoms. The highest BCUT2D eigenvalue weighted by atomic mass is 35.5. The van der Waals surface area contributed by atoms with Gasteiger partial charge in [0.05, 0.1) is 23.2 Å². The van der Waals surface area contributed by atoms with Crippen LogP contribution in [0.1, 0.15) is 24.0 Å². The number of halogens is 2. The fourth-order valence-electron chi connectivity index (χ4n) is 4.48. The van der Waals surface area contributed by atoms with Gasteiger partial charge in [0.15, 0.2) is 0 Å². The van der Waals surface area contributed by atoms with Gasteiger partial charge in [-0.15, -0.1) is 0 Å². The lowest BCUT2D eigenvalue weighted by Gasteiger charge is -2.23. The van der Waals surface area contributed by atoms with E-state index >= 15 is 0 Å². The van der Waals surface area contributed by atoms with Crippen LogP contribution in [-0.2, 0) is 20.7 Å². The van der Waals surface area contributed by atoms with Gasteiger partial charge in [0.2, 0.25) is 0 Å². The summed E-state index contributed by atoms with van der Waals surface area (Å²) in [7, 11) is 0. The summed E-state index contributed by atoms with van der Waals surface area (Å²) in [4.78, 5) is 30.3. The molecule has 0 aliphatic carbocycles. The van der Waals surface area contributed by atoms with Crippen molar-refractivity contribution >= 4 is 46.3 Å². The van der Waals surface area contributed by atoms with Gasteiger partial charge in [-0.1, -0.05) is 47.5 Å². The normalized spacial score (nSPS) is 21.2. The van der Waals surface area contributed by atoms with Gasteiger partial charge in [-0.25, -0.2) is 0 Å². The molecule has 0 radical (unpaired) electrons. The van der Waals surface area contributed by atoms with Crippen molar-refractivity contribution < 1.29 is 14.3 Å². The maximum Gasteiger partial charge on any atom is 0.278 e. The van der Waals surface area contributed by atoms with Crippen molar-refractivity contribution in [2.75, 3.05) is 24.6 Å². The molecule has 5 nitrogen and oxygen atoms in total. The SMILES string of the molecule is O=C1C(c2ccc(Cl)cc2Cl)=C(N2CCc3ccccc32)C(=O)N1CC1CCCO1. The van der Waals surface area contributed by atoms with E-state index in [2.05, 4.69) is 6.07 Å². The van der Waals surface area contributed by atoms with Crippen molar-refractivity contribution in [3.05, 3.63) is 69.3 Å². The van der Waals surface area contributed by atoms with E-state index in [9.17, 15) is 9.59 Å². The van der Waals surface area contributed by atoms with Crippen LogP contribution in [0.15, 0.2) is 48.2 Å². The monoisotopic (exact) mass is 442 g/mol. The van der Waals surface area contributed by atoms with Gasteiger partial charge >= 0.3 is 0 Å². The second-order valence-corrected chi connectivity index (χ2v) is 8.58. The number of amides is 2. The van der Waals surface area contributed by atoms with E-state index in [1.54, 1.807) is 18.2 Å². The van der Waals surface area contributed by atoms with Crippen LogP contribution >= 0.6 is 23.2 Å². The van der Waals surface area contributed by atoms with E-state index in [1.165, 1.54) is 4.90 Å². The Bertz CT molecular complexity index is 1080. The van der Waals surface area contributed by atoms with Gasteiger partial charge in [-0.05, 0) is 43.0 Å². The zero-order valence-electron chi connectivity index (χ0n) is 16.2. The molecule has 2 amide bonds. The molecule has 2 aromatic rings. The molecule has 154 valence electrons. The number of ether oxygens (including phenoxy) is 1. The maximum atomic E-state index is 13.5. The Hall–Kier alpha value is -2.34. The first kappa shape index (κ1) is 19.6. The van der Waals surface area contributed by atoms with Crippen LogP contribution < -0.4 is 4.90 Å². The minimum atomic E-state index is -0.334. The van der Waals surface area contributed by atoms with Crippen LogP contribution in [0.4, 0.5) is 5.69 Å². The Labute approximate surface area is 184 Å². The van der Waals surface area contributed by atoms with Crippen molar-refractivity contribution in [1.29, 1.82) is 0 Å². The smallest absolute Gasteiger partial charge is 0.278 e. The van der Waals surface area contributed by atoms with Crippen LogP contribution in [0.2, 0.25) is 10.0 Å². The second-order valence-electron chi connectivity index (χ2n) is 7.73. The molecule has 0 spiro atoms. The number of carbonyl (C=O) groups excluding carboxylic acids is 2. The number of carbonyl (C=O) groups is 2. The number of imide groups is 1. The fraction of sp³-hybridized carbons (Fsp3) is 0.304. The molecular weight excluding hydrogens is 423 g/mol. The lowest BCUT2D eigenvalue weighted by atomic mass is 10.0. The third kappa shape index (κ3) is 3.22. The molecule has 3 aliphatic rings. The minimum absolute atomic E-state index is 0.120.